The molecule has 4 N–H and O–H groups in total. The summed E-state index contributed by atoms with van der Waals surface area (Å²) in [6.07, 6.45) is 1.79. The quantitative estimate of drug-likeness (QED) is 0.522. The van der Waals surface area contributed by atoms with Gasteiger partial charge in [0.25, 0.3) is 0 Å². The first-order valence-electron chi connectivity index (χ1n) is 11.3. The first kappa shape index (κ1) is 21.4. The molecule has 3 atom stereocenters. The third-order valence-electron chi connectivity index (χ3n) is 8.50. The van der Waals surface area contributed by atoms with Crippen LogP contribution in [0.2, 0.25) is 0 Å². The number of likely N-dealkylation sites (tertiary alicyclic amines) is 1. The Balaban J connectivity index is 1.66. The number of hydrogen-bond donors (Lipinski definition) is 4. The van der Waals surface area contributed by atoms with E-state index in [-0.39, 0.29) is 24.6 Å². The van der Waals surface area contributed by atoms with Crippen LogP contribution in [-0.2, 0) is 26.2 Å². The number of aliphatic carboxylic acids is 2. The van der Waals surface area contributed by atoms with Crippen LogP contribution in [0.15, 0.2) is 18.2 Å². The number of carbonyl (C=O) groups is 3. The maximum Gasteiger partial charge on any atom is 0.304 e. The lowest BCUT2D eigenvalue weighted by molar-refractivity contribution is -0.199. The highest BCUT2D eigenvalue weighted by molar-refractivity contribution is 5.94. The molecule has 3 fully saturated rings. The summed E-state index contributed by atoms with van der Waals surface area (Å²) in [6.45, 7) is 1.55. The summed E-state index contributed by atoms with van der Waals surface area (Å²) in [5.74, 6) is -2.27. The molecule has 4 aliphatic rings. The number of ketones is 1. The van der Waals surface area contributed by atoms with Gasteiger partial charge in [0.1, 0.15) is 11.5 Å². The molecule has 3 unspecified atom stereocenters. The molecule has 2 saturated carbocycles. The molecule has 172 valence electrons. The summed E-state index contributed by atoms with van der Waals surface area (Å²) in [5.41, 5.74) is -2.34. The van der Waals surface area contributed by atoms with E-state index in [1.807, 2.05) is 6.07 Å². The van der Waals surface area contributed by atoms with Gasteiger partial charge in [-0.3, -0.25) is 19.3 Å². The zero-order chi connectivity index (χ0) is 22.9. The van der Waals surface area contributed by atoms with Crippen molar-refractivity contribution < 1.29 is 34.8 Å². The number of aliphatic hydroxyl groups is 1. The van der Waals surface area contributed by atoms with Crippen LogP contribution in [0, 0.1) is 11.3 Å². The Morgan fingerprint density at radius 3 is 2.44 bits per heavy atom. The molecule has 5 rings (SSSR count). The van der Waals surface area contributed by atoms with Gasteiger partial charge in [0.05, 0.1) is 23.9 Å². The summed E-state index contributed by atoms with van der Waals surface area (Å²) >= 11 is 0. The predicted octanol–water partition coefficient (Wildman–Crippen LogP) is 1.70. The lowest BCUT2D eigenvalue weighted by Gasteiger charge is -2.66. The molecule has 32 heavy (non-hydrogen) atoms. The molecule has 8 nitrogen and oxygen atoms in total. The lowest BCUT2D eigenvalue weighted by Crippen LogP contribution is -2.76. The smallest absolute Gasteiger partial charge is 0.304 e. The van der Waals surface area contributed by atoms with Crippen molar-refractivity contribution in [2.45, 2.75) is 68.4 Å². The molecule has 0 spiro atoms. The van der Waals surface area contributed by atoms with Gasteiger partial charge in [-0.2, -0.15) is 0 Å². The van der Waals surface area contributed by atoms with Crippen molar-refractivity contribution in [3.63, 3.8) is 0 Å². The first-order valence-corrected chi connectivity index (χ1v) is 11.3. The van der Waals surface area contributed by atoms with E-state index in [0.29, 0.717) is 25.3 Å². The van der Waals surface area contributed by atoms with Crippen molar-refractivity contribution in [1.82, 2.24) is 4.90 Å². The Hall–Kier alpha value is -2.45. The molecule has 1 aromatic carbocycles. The minimum absolute atomic E-state index is 0.0553. The molecule has 1 saturated heterocycles. The second kappa shape index (κ2) is 7.02. The van der Waals surface area contributed by atoms with Crippen molar-refractivity contribution >= 4 is 17.7 Å². The van der Waals surface area contributed by atoms with Gasteiger partial charge in [0.15, 0.2) is 0 Å². The van der Waals surface area contributed by atoms with E-state index in [1.54, 1.807) is 12.1 Å². The predicted molar refractivity (Wildman–Crippen MR) is 112 cm³/mol. The topological polar surface area (TPSA) is 135 Å². The monoisotopic (exact) mass is 443 g/mol. The van der Waals surface area contributed by atoms with E-state index in [0.717, 1.165) is 30.5 Å². The number of nitrogens with zero attached hydrogens (tertiary/aromatic N) is 1. The van der Waals surface area contributed by atoms with Crippen LogP contribution < -0.4 is 0 Å². The number of fused-ring (bicyclic) bond motifs is 1. The van der Waals surface area contributed by atoms with Gasteiger partial charge in [-0.15, -0.1) is 0 Å². The number of phenolic OH excluding ortho intramolecular Hbond substituents is 1. The molecule has 1 heterocycles. The highest BCUT2D eigenvalue weighted by Gasteiger charge is 2.70. The van der Waals surface area contributed by atoms with Crippen molar-refractivity contribution in [1.29, 1.82) is 0 Å². The molecule has 2 bridgehead atoms. The number of aromatic hydroxyl groups is 1. The SMILES string of the molecule is O=C(O)CC1(CC(=O)O)CC2(O)C3Cc4ccc(O)cc4C2(CCN3CC2CC2)CC1=O. The van der Waals surface area contributed by atoms with Crippen LogP contribution in [0.25, 0.3) is 0 Å². The third-order valence-corrected chi connectivity index (χ3v) is 8.50. The Kier molecular flexibility index (Phi) is 4.70. The fraction of sp³-hybridized carbons (Fsp3) is 0.625. The standard InChI is InChI=1S/C24H29NO7/c26-16-4-3-15-7-18-24(32)13-22(10-20(28)29,11-21(30)31)19(27)9-23(24,17(15)8-16)5-6-25(18)12-14-1-2-14/h3-4,8,14,18,26,32H,1-2,5-7,9-13H2,(H,28,29)(H,30,31). The number of carbonyl (C=O) groups excluding carboxylic acids is 1. The van der Waals surface area contributed by atoms with Gasteiger partial charge in [-0.25, -0.2) is 0 Å². The first-order chi connectivity index (χ1) is 15.1. The highest BCUT2D eigenvalue weighted by atomic mass is 16.4. The van der Waals surface area contributed by atoms with Crippen molar-refractivity contribution in [3.8, 4) is 5.75 Å². The molecule has 1 aromatic rings. The minimum atomic E-state index is -1.65. The maximum absolute atomic E-state index is 13.5. The number of benzene rings is 1. The zero-order valence-electron chi connectivity index (χ0n) is 17.9. The zero-order valence-corrected chi connectivity index (χ0v) is 17.9. The fourth-order valence-electron chi connectivity index (χ4n) is 6.90. The lowest BCUT2D eigenvalue weighted by atomic mass is 9.44. The van der Waals surface area contributed by atoms with Gasteiger partial charge >= 0.3 is 11.9 Å². The number of phenols is 1. The van der Waals surface area contributed by atoms with Gasteiger partial charge in [0, 0.05) is 24.4 Å². The van der Waals surface area contributed by atoms with E-state index in [4.69, 9.17) is 0 Å². The van der Waals surface area contributed by atoms with E-state index < -0.39 is 47.0 Å². The molecule has 3 aliphatic carbocycles. The third kappa shape index (κ3) is 3.07. The molecule has 0 amide bonds. The van der Waals surface area contributed by atoms with Crippen LogP contribution in [-0.4, -0.2) is 67.8 Å². The summed E-state index contributed by atoms with van der Waals surface area (Å²) in [5, 5.41) is 41.7. The number of carboxylic acids is 2. The summed E-state index contributed by atoms with van der Waals surface area (Å²) < 4.78 is 0. The van der Waals surface area contributed by atoms with E-state index in [9.17, 15) is 34.8 Å². The highest BCUT2D eigenvalue weighted by Crippen LogP contribution is 2.62. The van der Waals surface area contributed by atoms with Gasteiger partial charge in [0.2, 0.25) is 0 Å². The van der Waals surface area contributed by atoms with Crippen molar-refractivity contribution in [2.24, 2.45) is 11.3 Å². The fourth-order valence-corrected chi connectivity index (χ4v) is 6.90. The Morgan fingerprint density at radius 1 is 1.12 bits per heavy atom. The molecular formula is C24H29NO7. The number of hydrogen-bond acceptors (Lipinski definition) is 6. The van der Waals surface area contributed by atoms with Crippen molar-refractivity contribution in [3.05, 3.63) is 29.3 Å². The number of carboxylic acid groups (broad SMARTS) is 2. The number of piperidine rings is 1. The average Bonchev–Trinajstić information content (AvgIpc) is 3.49. The van der Waals surface area contributed by atoms with Gasteiger partial charge < -0.3 is 20.4 Å². The van der Waals surface area contributed by atoms with E-state index in [1.165, 1.54) is 0 Å². The van der Waals surface area contributed by atoms with Gasteiger partial charge in [-0.1, -0.05) is 6.07 Å². The van der Waals surface area contributed by atoms with Crippen LogP contribution in [0.4, 0.5) is 0 Å². The largest absolute Gasteiger partial charge is 0.508 e. The van der Waals surface area contributed by atoms with Crippen LogP contribution in [0.5, 0.6) is 5.75 Å². The maximum atomic E-state index is 13.5. The van der Waals surface area contributed by atoms with Crippen LogP contribution in [0.1, 0.15) is 56.1 Å². The molecule has 0 aromatic heterocycles. The van der Waals surface area contributed by atoms with E-state index >= 15 is 0 Å². The van der Waals surface area contributed by atoms with E-state index in [2.05, 4.69) is 4.90 Å². The number of rotatable bonds is 6. The molecule has 1 aliphatic heterocycles. The van der Waals surface area contributed by atoms with Crippen LogP contribution >= 0.6 is 0 Å². The Bertz CT molecular complexity index is 986. The van der Waals surface area contributed by atoms with Crippen LogP contribution in [0.3, 0.4) is 0 Å². The Labute approximate surface area is 185 Å². The van der Waals surface area contributed by atoms with Gasteiger partial charge in [-0.05, 0) is 67.8 Å². The second-order valence-electron chi connectivity index (χ2n) is 10.5. The summed E-state index contributed by atoms with van der Waals surface area (Å²) in [4.78, 5) is 39.2. The second-order valence-corrected chi connectivity index (χ2v) is 10.5. The minimum Gasteiger partial charge on any atom is -0.508 e. The molecular weight excluding hydrogens is 414 g/mol. The molecule has 8 heteroatoms. The number of Topliss-reactive ketones (excluding diaryl/α,β-unsaturated/α-hetero) is 1. The Morgan fingerprint density at radius 2 is 1.81 bits per heavy atom. The average molecular weight is 443 g/mol. The normalized spacial score (nSPS) is 33.3. The summed E-state index contributed by atoms with van der Waals surface area (Å²) in [7, 11) is 0. The summed E-state index contributed by atoms with van der Waals surface area (Å²) in [6, 6.07) is 4.76. The molecule has 0 radical (unpaired) electrons. The van der Waals surface area contributed by atoms with Crippen molar-refractivity contribution in [2.75, 3.05) is 13.1 Å².